The number of amides is 2. The van der Waals surface area contributed by atoms with Gasteiger partial charge >= 0.3 is 0 Å². The predicted molar refractivity (Wildman–Crippen MR) is 55.7 cm³/mol. The predicted octanol–water partition coefficient (Wildman–Crippen LogP) is 0.0687. The Labute approximate surface area is 92.2 Å². The quantitative estimate of drug-likeness (QED) is 0.717. The first-order chi connectivity index (χ1) is 7.72. The molecule has 1 saturated heterocycles. The molecule has 0 radical (unpaired) electrons. The van der Waals surface area contributed by atoms with E-state index in [1.165, 1.54) is 0 Å². The molecule has 1 aliphatic heterocycles. The fourth-order valence-corrected chi connectivity index (χ4v) is 1.58. The van der Waals surface area contributed by atoms with E-state index in [4.69, 9.17) is 9.84 Å². The average Bonchev–Trinajstić information content (AvgIpc) is 2.29. The number of hydrogen-bond donors (Lipinski definition) is 1. The monoisotopic (exact) mass is 221 g/mol. The lowest BCUT2D eigenvalue weighted by molar-refractivity contribution is -0.138. The summed E-state index contributed by atoms with van der Waals surface area (Å²) in [6.07, 6.45) is 0. The Balaban J connectivity index is 2.33. The first-order valence-corrected chi connectivity index (χ1v) is 4.85. The molecule has 1 N–H and O–H groups in total. The Kier molecular flexibility index (Phi) is 2.98. The lowest BCUT2D eigenvalue weighted by Crippen LogP contribution is -2.46. The molecule has 0 aromatic heterocycles. The molecule has 84 valence electrons. The second kappa shape index (κ2) is 4.42. The normalized spacial score (nSPS) is 16.7. The Morgan fingerprint density at radius 3 is 2.56 bits per heavy atom. The van der Waals surface area contributed by atoms with Crippen molar-refractivity contribution in [1.82, 2.24) is 0 Å². The molecule has 1 aromatic carbocycles. The molecule has 1 aromatic rings. The van der Waals surface area contributed by atoms with Crippen LogP contribution in [-0.2, 0) is 20.9 Å². The molecule has 0 saturated carbocycles. The minimum absolute atomic E-state index is 0.0882. The second-order valence-corrected chi connectivity index (χ2v) is 3.44. The maximum atomic E-state index is 11.5. The minimum atomic E-state index is -0.383. The zero-order chi connectivity index (χ0) is 11.5. The van der Waals surface area contributed by atoms with E-state index >= 15 is 0 Å². The smallest absolute Gasteiger partial charge is 0.259 e. The Bertz CT molecular complexity index is 414. The number of rotatable bonds is 2. The van der Waals surface area contributed by atoms with Crippen LogP contribution in [0.1, 0.15) is 5.56 Å². The van der Waals surface area contributed by atoms with Gasteiger partial charge in [-0.25, -0.2) is 4.90 Å². The second-order valence-electron chi connectivity index (χ2n) is 3.44. The van der Waals surface area contributed by atoms with Crippen LogP contribution < -0.4 is 4.90 Å². The van der Waals surface area contributed by atoms with Gasteiger partial charge in [-0.3, -0.25) is 9.59 Å². The van der Waals surface area contributed by atoms with Crippen molar-refractivity contribution in [1.29, 1.82) is 0 Å². The SMILES string of the molecule is O=C1COCC(=O)N1c1cccc(CO)c1. The van der Waals surface area contributed by atoms with Crippen molar-refractivity contribution < 1.29 is 19.4 Å². The number of carbonyl (C=O) groups is 2. The number of morpholine rings is 1. The standard InChI is InChI=1S/C11H11NO4/c13-5-8-2-1-3-9(4-8)12-10(14)6-16-7-11(12)15/h1-4,13H,5-7H2. The Morgan fingerprint density at radius 1 is 1.25 bits per heavy atom. The van der Waals surface area contributed by atoms with Gasteiger partial charge < -0.3 is 9.84 Å². The maximum Gasteiger partial charge on any atom is 0.259 e. The number of ether oxygens (including phenoxy) is 1. The van der Waals surface area contributed by atoms with E-state index in [1.807, 2.05) is 0 Å². The molecule has 0 unspecified atom stereocenters. The molecule has 16 heavy (non-hydrogen) atoms. The first kappa shape index (κ1) is 10.8. The van der Waals surface area contributed by atoms with Crippen molar-refractivity contribution >= 4 is 17.5 Å². The third kappa shape index (κ3) is 1.95. The third-order valence-electron chi connectivity index (χ3n) is 2.30. The molecule has 0 aliphatic carbocycles. The van der Waals surface area contributed by atoms with Crippen molar-refractivity contribution in [3.63, 3.8) is 0 Å². The van der Waals surface area contributed by atoms with E-state index in [2.05, 4.69) is 0 Å². The molecule has 1 fully saturated rings. The van der Waals surface area contributed by atoms with Crippen LogP contribution in [0, 0.1) is 0 Å². The largest absolute Gasteiger partial charge is 0.392 e. The lowest BCUT2D eigenvalue weighted by Gasteiger charge is -2.25. The molecule has 0 spiro atoms. The minimum Gasteiger partial charge on any atom is -0.392 e. The molecule has 5 heteroatoms. The van der Waals surface area contributed by atoms with E-state index in [0.29, 0.717) is 11.3 Å². The highest BCUT2D eigenvalue weighted by atomic mass is 16.5. The molecule has 2 rings (SSSR count). The van der Waals surface area contributed by atoms with Crippen LogP contribution >= 0.6 is 0 Å². The highest BCUT2D eigenvalue weighted by Crippen LogP contribution is 2.18. The summed E-state index contributed by atoms with van der Waals surface area (Å²) < 4.78 is 4.81. The van der Waals surface area contributed by atoms with Crippen molar-refractivity contribution in [2.75, 3.05) is 18.1 Å². The molecule has 2 amide bonds. The van der Waals surface area contributed by atoms with Gasteiger partial charge in [-0.1, -0.05) is 12.1 Å². The number of carbonyl (C=O) groups excluding carboxylic acids is 2. The number of imide groups is 1. The maximum absolute atomic E-state index is 11.5. The van der Waals surface area contributed by atoms with Gasteiger partial charge in [-0.05, 0) is 17.7 Å². The number of aliphatic hydroxyl groups is 1. The summed E-state index contributed by atoms with van der Waals surface area (Å²) in [5.41, 5.74) is 1.13. The van der Waals surface area contributed by atoms with Crippen LogP contribution in [0.2, 0.25) is 0 Å². The van der Waals surface area contributed by atoms with Gasteiger partial charge in [0, 0.05) is 0 Å². The molecule has 0 atom stereocenters. The van der Waals surface area contributed by atoms with Crippen LogP contribution in [0.5, 0.6) is 0 Å². The number of benzene rings is 1. The van der Waals surface area contributed by atoms with E-state index in [-0.39, 0.29) is 31.6 Å². The lowest BCUT2D eigenvalue weighted by atomic mass is 10.2. The fourth-order valence-electron chi connectivity index (χ4n) is 1.58. The van der Waals surface area contributed by atoms with Gasteiger partial charge in [0.25, 0.3) is 11.8 Å². The summed E-state index contributed by atoms with van der Waals surface area (Å²) in [4.78, 5) is 24.1. The van der Waals surface area contributed by atoms with Crippen molar-refractivity contribution in [2.24, 2.45) is 0 Å². The van der Waals surface area contributed by atoms with Gasteiger partial charge in [-0.2, -0.15) is 0 Å². The fraction of sp³-hybridized carbons (Fsp3) is 0.273. The van der Waals surface area contributed by atoms with Gasteiger partial charge in [-0.15, -0.1) is 0 Å². The third-order valence-corrected chi connectivity index (χ3v) is 2.30. The number of hydrogen-bond acceptors (Lipinski definition) is 4. The topological polar surface area (TPSA) is 66.8 Å². The Morgan fingerprint density at radius 2 is 1.94 bits per heavy atom. The molecular weight excluding hydrogens is 210 g/mol. The first-order valence-electron chi connectivity index (χ1n) is 4.85. The van der Waals surface area contributed by atoms with Crippen LogP contribution in [0.3, 0.4) is 0 Å². The van der Waals surface area contributed by atoms with Gasteiger partial charge in [0.05, 0.1) is 12.3 Å². The molecule has 1 heterocycles. The van der Waals surface area contributed by atoms with Gasteiger partial charge in [0.15, 0.2) is 0 Å². The van der Waals surface area contributed by atoms with Crippen LogP contribution in [-0.4, -0.2) is 30.1 Å². The summed E-state index contributed by atoms with van der Waals surface area (Å²) >= 11 is 0. The van der Waals surface area contributed by atoms with Crippen molar-refractivity contribution in [2.45, 2.75) is 6.61 Å². The van der Waals surface area contributed by atoms with Crippen molar-refractivity contribution in [3.05, 3.63) is 29.8 Å². The van der Waals surface area contributed by atoms with Crippen LogP contribution in [0.15, 0.2) is 24.3 Å². The molecular formula is C11H11NO4. The van der Waals surface area contributed by atoms with Crippen LogP contribution in [0.25, 0.3) is 0 Å². The zero-order valence-electron chi connectivity index (χ0n) is 8.55. The molecule has 0 bridgehead atoms. The van der Waals surface area contributed by atoms with E-state index in [0.717, 1.165) is 4.90 Å². The van der Waals surface area contributed by atoms with E-state index < -0.39 is 0 Å². The van der Waals surface area contributed by atoms with Crippen LogP contribution in [0.4, 0.5) is 5.69 Å². The average molecular weight is 221 g/mol. The van der Waals surface area contributed by atoms with Crippen molar-refractivity contribution in [3.8, 4) is 0 Å². The number of aliphatic hydroxyl groups excluding tert-OH is 1. The number of nitrogens with zero attached hydrogens (tertiary/aromatic N) is 1. The number of anilines is 1. The Hall–Kier alpha value is -1.72. The summed E-state index contributed by atoms with van der Waals surface area (Å²) in [5.74, 6) is -0.766. The molecule has 5 nitrogen and oxygen atoms in total. The highest BCUT2D eigenvalue weighted by Gasteiger charge is 2.27. The summed E-state index contributed by atoms with van der Waals surface area (Å²) in [7, 11) is 0. The molecule has 1 aliphatic rings. The summed E-state index contributed by atoms with van der Waals surface area (Å²) in [6, 6.07) is 6.68. The van der Waals surface area contributed by atoms with Gasteiger partial charge in [0.2, 0.25) is 0 Å². The van der Waals surface area contributed by atoms with E-state index in [9.17, 15) is 9.59 Å². The zero-order valence-corrected chi connectivity index (χ0v) is 8.55. The summed E-state index contributed by atoms with van der Waals surface area (Å²) in [5, 5.41) is 8.98. The van der Waals surface area contributed by atoms with Gasteiger partial charge in [0.1, 0.15) is 13.2 Å². The highest BCUT2D eigenvalue weighted by molar-refractivity contribution is 6.17. The van der Waals surface area contributed by atoms with E-state index in [1.54, 1.807) is 24.3 Å². The summed E-state index contributed by atoms with van der Waals surface area (Å²) in [6.45, 7) is -0.301.